The van der Waals surface area contributed by atoms with Crippen LogP contribution in [0.5, 0.6) is 11.5 Å². The molecular formula is C23H24N2O5. The first-order chi connectivity index (χ1) is 14.6. The van der Waals surface area contributed by atoms with Gasteiger partial charge in [0.2, 0.25) is 0 Å². The molecule has 1 aromatic heterocycles. The number of fused-ring (bicyclic) bond motifs is 1. The van der Waals surface area contributed by atoms with Gasteiger partial charge in [0.25, 0.3) is 11.7 Å². The molecule has 0 saturated carbocycles. The standard InChI is InChI=1S/C23H24N2O5/c1-2-3-6-11-25-20(16-7-4-5-10-24-16)19(22(27)23(25)28)21(26)15-8-9-17-18(14-15)30-13-12-29-17/h4-5,7-10,14,20,26H,2-3,6,11-13H2,1H3/b21-19-. The van der Waals surface area contributed by atoms with Crippen molar-refractivity contribution in [2.45, 2.75) is 32.2 Å². The van der Waals surface area contributed by atoms with E-state index in [0.29, 0.717) is 42.5 Å². The third-order valence-corrected chi connectivity index (χ3v) is 5.33. The number of aliphatic hydroxyl groups is 1. The van der Waals surface area contributed by atoms with Gasteiger partial charge >= 0.3 is 0 Å². The van der Waals surface area contributed by atoms with Crippen LogP contribution in [0, 0.1) is 0 Å². The summed E-state index contributed by atoms with van der Waals surface area (Å²) >= 11 is 0. The lowest BCUT2D eigenvalue weighted by molar-refractivity contribution is -0.140. The third-order valence-electron chi connectivity index (χ3n) is 5.33. The maximum absolute atomic E-state index is 12.9. The summed E-state index contributed by atoms with van der Waals surface area (Å²) in [6.45, 7) is 3.37. The van der Waals surface area contributed by atoms with Crippen molar-refractivity contribution in [3.63, 3.8) is 0 Å². The molecule has 7 heteroatoms. The highest BCUT2D eigenvalue weighted by atomic mass is 16.6. The smallest absolute Gasteiger partial charge is 0.295 e. The molecule has 1 aromatic carbocycles. The van der Waals surface area contributed by atoms with Crippen molar-refractivity contribution in [2.24, 2.45) is 0 Å². The number of likely N-dealkylation sites (tertiary alicyclic amines) is 1. The molecule has 1 unspecified atom stereocenters. The van der Waals surface area contributed by atoms with Crippen LogP contribution < -0.4 is 9.47 Å². The van der Waals surface area contributed by atoms with Gasteiger partial charge in [-0.05, 0) is 36.8 Å². The first kappa shape index (κ1) is 19.9. The molecule has 1 N–H and O–H groups in total. The molecule has 3 heterocycles. The Morgan fingerprint density at radius 1 is 1.13 bits per heavy atom. The summed E-state index contributed by atoms with van der Waals surface area (Å²) in [5.41, 5.74) is 0.992. The van der Waals surface area contributed by atoms with Crippen molar-refractivity contribution in [1.29, 1.82) is 0 Å². The molecule has 1 atom stereocenters. The minimum atomic E-state index is -0.726. The van der Waals surface area contributed by atoms with Crippen LogP contribution in [0.25, 0.3) is 5.76 Å². The first-order valence-corrected chi connectivity index (χ1v) is 10.2. The molecule has 2 aliphatic heterocycles. The lowest BCUT2D eigenvalue weighted by atomic mass is 9.98. The SMILES string of the molecule is CCCCCN1C(=O)C(=O)/C(=C(\O)c2ccc3c(c2)OCCO3)C1c1ccccn1. The monoisotopic (exact) mass is 408 g/mol. The number of ketones is 1. The van der Waals surface area contributed by atoms with Gasteiger partial charge in [0.15, 0.2) is 11.5 Å². The topological polar surface area (TPSA) is 89.0 Å². The summed E-state index contributed by atoms with van der Waals surface area (Å²) in [4.78, 5) is 31.6. The van der Waals surface area contributed by atoms with Crippen LogP contribution in [0.1, 0.15) is 43.5 Å². The number of aromatic nitrogens is 1. The van der Waals surface area contributed by atoms with E-state index in [2.05, 4.69) is 11.9 Å². The van der Waals surface area contributed by atoms with E-state index in [4.69, 9.17) is 9.47 Å². The Balaban J connectivity index is 1.79. The number of hydrogen-bond acceptors (Lipinski definition) is 6. The van der Waals surface area contributed by atoms with Crippen LogP contribution in [-0.2, 0) is 9.59 Å². The molecule has 0 spiro atoms. The lowest BCUT2D eigenvalue weighted by Gasteiger charge is -2.24. The molecule has 2 aromatic rings. The van der Waals surface area contributed by atoms with Crippen molar-refractivity contribution >= 4 is 17.4 Å². The number of carbonyl (C=O) groups excluding carboxylic acids is 2. The van der Waals surface area contributed by atoms with Gasteiger partial charge in [0, 0.05) is 18.3 Å². The van der Waals surface area contributed by atoms with Crippen LogP contribution in [0.4, 0.5) is 0 Å². The molecule has 7 nitrogen and oxygen atoms in total. The van der Waals surface area contributed by atoms with E-state index >= 15 is 0 Å². The number of benzene rings is 1. The van der Waals surface area contributed by atoms with Gasteiger partial charge in [-0.1, -0.05) is 25.8 Å². The summed E-state index contributed by atoms with van der Waals surface area (Å²) in [5, 5.41) is 11.1. The van der Waals surface area contributed by atoms with Crippen molar-refractivity contribution in [3.8, 4) is 11.5 Å². The Kier molecular flexibility index (Phi) is 5.70. The molecule has 1 saturated heterocycles. The normalized spacial score (nSPS) is 19.9. The van der Waals surface area contributed by atoms with E-state index < -0.39 is 17.7 Å². The first-order valence-electron chi connectivity index (χ1n) is 10.2. The van der Waals surface area contributed by atoms with Crippen LogP contribution in [0.3, 0.4) is 0 Å². The largest absolute Gasteiger partial charge is 0.507 e. The number of carbonyl (C=O) groups is 2. The zero-order valence-corrected chi connectivity index (χ0v) is 16.8. The molecule has 156 valence electrons. The number of nitrogens with zero attached hydrogens (tertiary/aromatic N) is 2. The van der Waals surface area contributed by atoms with Crippen LogP contribution >= 0.6 is 0 Å². The summed E-state index contributed by atoms with van der Waals surface area (Å²) in [6.07, 6.45) is 4.33. The highest BCUT2D eigenvalue weighted by Crippen LogP contribution is 2.40. The number of aliphatic hydroxyl groups excluding tert-OH is 1. The number of rotatable bonds is 6. The Morgan fingerprint density at radius 3 is 2.67 bits per heavy atom. The second-order valence-corrected chi connectivity index (χ2v) is 7.31. The highest BCUT2D eigenvalue weighted by Gasteiger charge is 2.46. The quantitative estimate of drug-likeness (QED) is 0.341. The summed E-state index contributed by atoms with van der Waals surface area (Å²) < 4.78 is 11.1. The highest BCUT2D eigenvalue weighted by molar-refractivity contribution is 6.46. The minimum absolute atomic E-state index is 0.0480. The fraction of sp³-hybridized carbons (Fsp3) is 0.348. The maximum Gasteiger partial charge on any atom is 0.295 e. The second-order valence-electron chi connectivity index (χ2n) is 7.31. The molecule has 0 bridgehead atoms. The van der Waals surface area contributed by atoms with Gasteiger partial charge in [-0.15, -0.1) is 0 Å². The van der Waals surface area contributed by atoms with Crippen LogP contribution in [0.2, 0.25) is 0 Å². The maximum atomic E-state index is 12.9. The van der Waals surface area contributed by atoms with E-state index in [-0.39, 0.29) is 11.3 Å². The number of hydrogen-bond donors (Lipinski definition) is 1. The molecule has 4 rings (SSSR count). The third kappa shape index (κ3) is 3.63. The number of unbranched alkanes of at least 4 members (excludes halogenated alkanes) is 2. The Bertz CT molecular complexity index is 986. The molecule has 0 aliphatic carbocycles. The van der Waals surface area contributed by atoms with Gasteiger partial charge in [0.1, 0.15) is 25.0 Å². The molecule has 1 fully saturated rings. The molecule has 1 amide bonds. The fourth-order valence-corrected chi connectivity index (χ4v) is 3.83. The van der Waals surface area contributed by atoms with Gasteiger partial charge in [-0.3, -0.25) is 14.6 Å². The van der Waals surface area contributed by atoms with Crippen molar-refractivity contribution in [2.75, 3.05) is 19.8 Å². The van der Waals surface area contributed by atoms with Crippen LogP contribution in [-0.4, -0.2) is 46.4 Å². The Hall–Kier alpha value is -3.35. The Labute approximate surface area is 174 Å². The van der Waals surface area contributed by atoms with Gasteiger partial charge in [-0.25, -0.2) is 0 Å². The Morgan fingerprint density at radius 2 is 1.93 bits per heavy atom. The minimum Gasteiger partial charge on any atom is -0.507 e. The van der Waals surface area contributed by atoms with Gasteiger partial charge < -0.3 is 19.5 Å². The molecule has 2 aliphatic rings. The number of pyridine rings is 1. The average Bonchev–Trinajstić information content (AvgIpc) is 3.04. The van der Waals surface area contributed by atoms with Gasteiger partial charge in [0.05, 0.1) is 11.3 Å². The summed E-state index contributed by atoms with van der Waals surface area (Å²) in [7, 11) is 0. The molecular weight excluding hydrogens is 384 g/mol. The average molecular weight is 408 g/mol. The molecule has 30 heavy (non-hydrogen) atoms. The van der Waals surface area contributed by atoms with E-state index in [9.17, 15) is 14.7 Å². The number of Topliss-reactive ketones (excluding diaryl/α,β-unsaturated/α-hetero) is 1. The van der Waals surface area contributed by atoms with E-state index in [1.807, 2.05) is 0 Å². The van der Waals surface area contributed by atoms with E-state index in [1.54, 1.807) is 42.6 Å². The van der Waals surface area contributed by atoms with E-state index in [1.165, 1.54) is 4.90 Å². The van der Waals surface area contributed by atoms with Crippen molar-refractivity contribution in [3.05, 3.63) is 59.4 Å². The number of amides is 1. The lowest BCUT2D eigenvalue weighted by Crippen LogP contribution is -2.31. The summed E-state index contributed by atoms with van der Waals surface area (Å²) in [5.74, 6) is -0.467. The van der Waals surface area contributed by atoms with E-state index in [0.717, 1.165) is 19.3 Å². The molecule has 0 radical (unpaired) electrons. The predicted octanol–water partition coefficient (Wildman–Crippen LogP) is 3.46. The van der Waals surface area contributed by atoms with Crippen molar-refractivity contribution in [1.82, 2.24) is 9.88 Å². The predicted molar refractivity (Wildman–Crippen MR) is 110 cm³/mol. The van der Waals surface area contributed by atoms with Crippen LogP contribution in [0.15, 0.2) is 48.2 Å². The zero-order chi connectivity index (χ0) is 21.1. The zero-order valence-electron chi connectivity index (χ0n) is 16.8. The fourth-order valence-electron chi connectivity index (χ4n) is 3.83. The van der Waals surface area contributed by atoms with Gasteiger partial charge in [-0.2, -0.15) is 0 Å². The number of ether oxygens (including phenoxy) is 2. The van der Waals surface area contributed by atoms with Crippen molar-refractivity contribution < 1.29 is 24.2 Å². The summed E-state index contributed by atoms with van der Waals surface area (Å²) in [6, 6.07) is 9.59. The second kappa shape index (κ2) is 8.57.